The monoisotopic (exact) mass is 199 g/mol. The first kappa shape index (κ1) is 9.67. The van der Waals surface area contributed by atoms with E-state index in [4.69, 9.17) is 11.6 Å². The summed E-state index contributed by atoms with van der Waals surface area (Å²) in [4.78, 5) is 20.3. The molecule has 0 aromatic heterocycles. The summed E-state index contributed by atoms with van der Waals surface area (Å²) in [6, 6.07) is 2.58. The Balaban J connectivity index is 3.36. The second-order valence-electron chi connectivity index (χ2n) is 2.54. The third-order valence-electron chi connectivity index (χ3n) is 1.64. The fourth-order valence-electron chi connectivity index (χ4n) is 0.980. The van der Waals surface area contributed by atoms with Gasteiger partial charge in [-0.1, -0.05) is 11.6 Å². The Kier molecular flexibility index (Phi) is 2.63. The summed E-state index contributed by atoms with van der Waals surface area (Å²) >= 11 is 5.61. The molecule has 5 heteroatoms. The maximum atomic E-state index is 10.4. The lowest BCUT2D eigenvalue weighted by atomic mass is 10.1. The van der Waals surface area contributed by atoms with Crippen LogP contribution in [0.4, 0.5) is 5.69 Å². The van der Waals surface area contributed by atoms with Gasteiger partial charge in [-0.25, -0.2) is 0 Å². The summed E-state index contributed by atoms with van der Waals surface area (Å²) in [5.41, 5.74) is 0.622. The fraction of sp³-hybridized carbons (Fsp3) is 0.125. The van der Waals surface area contributed by atoms with E-state index in [9.17, 15) is 14.9 Å². The second kappa shape index (κ2) is 3.53. The van der Waals surface area contributed by atoms with E-state index in [2.05, 4.69) is 0 Å². The highest BCUT2D eigenvalue weighted by molar-refractivity contribution is 6.33. The van der Waals surface area contributed by atoms with Crippen molar-refractivity contribution in [3.05, 3.63) is 38.4 Å². The van der Waals surface area contributed by atoms with Crippen LogP contribution < -0.4 is 0 Å². The van der Waals surface area contributed by atoms with Gasteiger partial charge in [-0.15, -0.1) is 0 Å². The van der Waals surface area contributed by atoms with Gasteiger partial charge in [0.05, 0.1) is 9.95 Å². The summed E-state index contributed by atoms with van der Waals surface area (Å²) in [6.07, 6.45) is 0.569. The van der Waals surface area contributed by atoms with Gasteiger partial charge in [0.1, 0.15) is 0 Å². The van der Waals surface area contributed by atoms with Crippen LogP contribution in [-0.2, 0) is 0 Å². The summed E-state index contributed by atoms with van der Waals surface area (Å²) in [6.45, 7) is 1.56. The summed E-state index contributed by atoms with van der Waals surface area (Å²) in [7, 11) is 0. The number of rotatable bonds is 2. The van der Waals surface area contributed by atoms with Crippen LogP contribution in [0, 0.1) is 17.0 Å². The fourth-order valence-corrected chi connectivity index (χ4v) is 1.18. The molecule has 0 N–H and O–H groups in total. The lowest BCUT2D eigenvalue weighted by molar-refractivity contribution is -0.385. The molecule has 0 spiro atoms. The van der Waals surface area contributed by atoms with Crippen molar-refractivity contribution in [3.63, 3.8) is 0 Å². The first-order chi connectivity index (χ1) is 6.06. The lowest BCUT2D eigenvalue weighted by Crippen LogP contribution is -1.93. The molecule has 1 rings (SSSR count). The molecule has 0 aliphatic heterocycles. The van der Waals surface area contributed by atoms with E-state index >= 15 is 0 Å². The number of aldehydes is 1. The molecule has 13 heavy (non-hydrogen) atoms. The van der Waals surface area contributed by atoms with Crippen LogP contribution >= 0.6 is 11.6 Å². The van der Waals surface area contributed by atoms with Gasteiger partial charge in [-0.3, -0.25) is 14.9 Å². The van der Waals surface area contributed by atoms with Crippen molar-refractivity contribution < 1.29 is 9.72 Å². The number of nitro benzene ring substituents is 1. The third kappa shape index (κ3) is 1.84. The molecule has 0 radical (unpaired) electrons. The van der Waals surface area contributed by atoms with Crippen molar-refractivity contribution >= 4 is 23.6 Å². The Bertz CT molecular complexity index is 376. The van der Waals surface area contributed by atoms with E-state index in [0.29, 0.717) is 11.8 Å². The highest BCUT2D eigenvalue weighted by atomic mass is 35.5. The van der Waals surface area contributed by atoms with Gasteiger partial charge in [-0.2, -0.15) is 0 Å². The summed E-state index contributed by atoms with van der Waals surface area (Å²) in [5.74, 6) is 0. The number of halogens is 1. The van der Waals surface area contributed by atoms with Crippen LogP contribution in [0.2, 0.25) is 5.02 Å². The standard InChI is InChI=1S/C8H6ClNO3/c1-5-2-6(4-11)7(9)3-8(5)10(12)13/h2-4H,1H3. The van der Waals surface area contributed by atoms with Gasteiger partial charge in [0.2, 0.25) is 0 Å². The Labute approximate surface area is 79.3 Å². The highest BCUT2D eigenvalue weighted by Crippen LogP contribution is 2.25. The molecule has 0 unspecified atom stereocenters. The number of carbonyl (C=O) groups excluding carboxylic acids is 1. The quantitative estimate of drug-likeness (QED) is 0.417. The van der Waals surface area contributed by atoms with Crippen LogP contribution in [0.3, 0.4) is 0 Å². The van der Waals surface area contributed by atoms with Crippen molar-refractivity contribution in [3.8, 4) is 0 Å². The average molecular weight is 200 g/mol. The maximum Gasteiger partial charge on any atom is 0.273 e. The minimum absolute atomic E-state index is 0.0735. The number of aryl methyl sites for hydroxylation is 1. The smallest absolute Gasteiger partial charge is 0.273 e. The van der Waals surface area contributed by atoms with Crippen LogP contribution in [0.1, 0.15) is 15.9 Å². The van der Waals surface area contributed by atoms with Crippen LogP contribution in [-0.4, -0.2) is 11.2 Å². The molecule has 0 amide bonds. The predicted octanol–water partition coefficient (Wildman–Crippen LogP) is 2.37. The maximum absolute atomic E-state index is 10.4. The first-order valence-electron chi connectivity index (χ1n) is 3.46. The van der Waals surface area contributed by atoms with Crippen molar-refractivity contribution in [2.75, 3.05) is 0 Å². The largest absolute Gasteiger partial charge is 0.298 e. The summed E-state index contributed by atoms with van der Waals surface area (Å²) < 4.78 is 0. The third-order valence-corrected chi connectivity index (χ3v) is 1.97. The number of carbonyl (C=O) groups is 1. The van der Waals surface area contributed by atoms with E-state index in [1.54, 1.807) is 6.92 Å². The number of hydrogen-bond donors (Lipinski definition) is 0. The van der Waals surface area contributed by atoms with E-state index in [0.717, 1.165) is 0 Å². The molecule has 0 bridgehead atoms. The van der Waals surface area contributed by atoms with Crippen molar-refractivity contribution in [2.24, 2.45) is 0 Å². The minimum atomic E-state index is -0.532. The SMILES string of the molecule is Cc1cc(C=O)c(Cl)cc1[N+](=O)[O-]. The second-order valence-corrected chi connectivity index (χ2v) is 2.94. The van der Waals surface area contributed by atoms with Crippen LogP contribution in [0.5, 0.6) is 0 Å². The molecule has 0 saturated carbocycles. The van der Waals surface area contributed by atoms with Gasteiger partial charge in [0, 0.05) is 17.2 Å². The van der Waals surface area contributed by atoms with Gasteiger partial charge < -0.3 is 0 Å². The zero-order valence-electron chi connectivity index (χ0n) is 6.78. The van der Waals surface area contributed by atoms with Crippen LogP contribution in [0.15, 0.2) is 12.1 Å². The normalized spacial score (nSPS) is 9.69. The molecule has 0 aliphatic carbocycles. The zero-order valence-corrected chi connectivity index (χ0v) is 7.54. The topological polar surface area (TPSA) is 60.2 Å². The molecular weight excluding hydrogens is 194 g/mol. The Morgan fingerprint density at radius 2 is 2.15 bits per heavy atom. The minimum Gasteiger partial charge on any atom is -0.298 e. The molecule has 0 saturated heterocycles. The number of hydrogen-bond acceptors (Lipinski definition) is 3. The van der Waals surface area contributed by atoms with Crippen LogP contribution in [0.25, 0.3) is 0 Å². The van der Waals surface area contributed by atoms with Gasteiger partial charge in [0.15, 0.2) is 6.29 Å². The van der Waals surface area contributed by atoms with Crippen molar-refractivity contribution in [1.82, 2.24) is 0 Å². The number of nitro groups is 1. The lowest BCUT2D eigenvalue weighted by Gasteiger charge is -1.99. The van der Waals surface area contributed by atoms with Gasteiger partial charge in [0.25, 0.3) is 5.69 Å². The van der Waals surface area contributed by atoms with E-state index in [1.165, 1.54) is 12.1 Å². The van der Waals surface area contributed by atoms with Crippen molar-refractivity contribution in [2.45, 2.75) is 6.92 Å². The van der Waals surface area contributed by atoms with Crippen molar-refractivity contribution in [1.29, 1.82) is 0 Å². The predicted molar refractivity (Wildman–Crippen MR) is 48.2 cm³/mol. The molecule has 0 atom stereocenters. The number of benzene rings is 1. The molecule has 0 aliphatic rings. The Morgan fingerprint density at radius 3 is 2.62 bits per heavy atom. The van der Waals surface area contributed by atoms with Gasteiger partial charge in [-0.05, 0) is 13.0 Å². The molecular formula is C8H6ClNO3. The van der Waals surface area contributed by atoms with E-state index in [1.807, 2.05) is 0 Å². The molecule has 1 aromatic carbocycles. The van der Waals surface area contributed by atoms with Gasteiger partial charge >= 0.3 is 0 Å². The first-order valence-corrected chi connectivity index (χ1v) is 3.83. The molecule has 4 nitrogen and oxygen atoms in total. The highest BCUT2D eigenvalue weighted by Gasteiger charge is 2.13. The molecule has 1 aromatic rings. The molecule has 0 heterocycles. The van der Waals surface area contributed by atoms with E-state index in [-0.39, 0.29) is 16.3 Å². The van der Waals surface area contributed by atoms with E-state index < -0.39 is 4.92 Å². The molecule has 68 valence electrons. The summed E-state index contributed by atoms with van der Waals surface area (Å²) in [5, 5.41) is 10.5. The zero-order chi connectivity index (χ0) is 10.0. The average Bonchev–Trinajstić information content (AvgIpc) is 2.07. The molecule has 0 fully saturated rings. The number of nitrogens with zero attached hydrogens (tertiary/aromatic N) is 1. The Morgan fingerprint density at radius 1 is 1.54 bits per heavy atom. The Hall–Kier alpha value is -1.42.